The Morgan fingerprint density at radius 1 is 1.31 bits per heavy atom. The first-order valence-electron chi connectivity index (χ1n) is 6.23. The minimum absolute atomic E-state index is 1.02. The highest BCUT2D eigenvalue weighted by Crippen LogP contribution is 2.32. The Morgan fingerprint density at radius 2 is 2.19 bits per heavy atom. The summed E-state index contributed by atoms with van der Waals surface area (Å²) in [4.78, 5) is 4.05. The standard InChI is InChI=1S/C14H19NS/c1-16-14-5-4-12-6-7-15(9-11-2-3-11)10-13(12)8-14/h4-5,8,11H,2-3,6-7,9-10H2,1H3. The molecule has 1 nitrogen and oxygen atoms in total. The molecule has 0 atom stereocenters. The number of hydrogen-bond acceptors (Lipinski definition) is 2. The van der Waals surface area contributed by atoms with Gasteiger partial charge in [-0.25, -0.2) is 0 Å². The van der Waals surface area contributed by atoms with Gasteiger partial charge in [0.2, 0.25) is 0 Å². The van der Waals surface area contributed by atoms with Gasteiger partial charge in [0.1, 0.15) is 0 Å². The molecule has 1 aromatic rings. The number of fused-ring (bicyclic) bond motifs is 1. The largest absolute Gasteiger partial charge is 0.298 e. The Hall–Kier alpha value is -0.470. The van der Waals surface area contributed by atoms with Gasteiger partial charge in [0, 0.05) is 24.5 Å². The maximum Gasteiger partial charge on any atom is 0.0237 e. The van der Waals surface area contributed by atoms with Gasteiger partial charge in [0.15, 0.2) is 0 Å². The van der Waals surface area contributed by atoms with Gasteiger partial charge in [-0.2, -0.15) is 0 Å². The van der Waals surface area contributed by atoms with Crippen molar-refractivity contribution in [1.29, 1.82) is 0 Å². The van der Waals surface area contributed by atoms with Crippen LogP contribution in [0.2, 0.25) is 0 Å². The third-order valence-electron chi connectivity index (χ3n) is 3.72. The number of benzene rings is 1. The number of nitrogens with zero attached hydrogens (tertiary/aromatic N) is 1. The molecule has 0 bridgehead atoms. The molecule has 3 rings (SSSR count). The first-order chi connectivity index (χ1) is 7.85. The first kappa shape index (κ1) is 10.7. The van der Waals surface area contributed by atoms with Gasteiger partial charge in [-0.3, -0.25) is 4.90 Å². The SMILES string of the molecule is CSc1ccc2c(c1)CN(CC1CC1)CC2. The van der Waals surface area contributed by atoms with Gasteiger partial charge in [-0.15, -0.1) is 11.8 Å². The van der Waals surface area contributed by atoms with Crippen molar-refractivity contribution >= 4 is 11.8 Å². The minimum Gasteiger partial charge on any atom is -0.298 e. The summed E-state index contributed by atoms with van der Waals surface area (Å²) in [5.74, 6) is 1.02. The van der Waals surface area contributed by atoms with Crippen molar-refractivity contribution in [3.8, 4) is 0 Å². The quantitative estimate of drug-likeness (QED) is 0.738. The lowest BCUT2D eigenvalue weighted by Crippen LogP contribution is -2.32. The Kier molecular flexibility index (Phi) is 2.95. The predicted molar refractivity (Wildman–Crippen MR) is 69.9 cm³/mol. The van der Waals surface area contributed by atoms with Gasteiger partial charge in [-0.05, 0) is 54.7 Å². The van der Waals surface area contributed by atoms with Crippen LogP contribution in [0.3, 0.4) is 0 Å². The molecule has 0 amide bonds. The second kappa shape index (κ2) is 4.42. The fourth-order valence-electron chi connectivity index (χ4n) is 2.54. The van der Waals surface area contributed by atoms with Gasteiger partial charge in [-0.1, -0.05) is 6.07 Å². The van der Waals surface area contributed by atoms with Crippen LogP contribution in [-0.4, -0.2) is 24.2 Å². The van der Waals surface area contributed by atoms with Crippen LogP contribution in [0.1, 0.15) is 24.0 Å². The highest BCUT2D eigenvalue weighted by atomic mass is 32.2. The average Bonchev–Trinajstić information content (AvgIpc) is 3.12. The summed E-state index contributed by atoms with van der Waals surface area (Å²) in [5.41, 5.74) is 3.14. The van der Waals surface area contributed by atoms with Crippen molar-refractivity contribution in [3.63, 3.8) is 0 Å². The molecule has 86 valence electrons. The Labute approximate surface area is 102 Å². The molecule has 0 aromatic heterocycles. The molecular weight excluding hydrogens is 214 g/mol. The molecule has 2 heteroatoms. The summed E-state index contributed by atoms with van der Waals surface area (Å²) >= 11 is 1.85. The lowest BCUT2D eigenvalue weighted by Gasteiger charge is -2.29. The zero-order valence-electron chi connectivity index (χ0n) is 9.91. The Morgan fingerprint density at radius 3 is 2.94 bits per heavy atom. The van der Waals surface area contributed by atoms with Gasteiger partial charge >= 0.3 is 0 Å². The van der Waals surface area contributed by atoms with E-state index in [9.17, 15) is 0 Å². The second-order valence-electron chi connectivity index (χ2n) is 5.06. The summed E-state index contributed by atoms with van der Waals surface area (Å²) in [7, 11) is 0. The first-order valence-corrected chi connectivity index (χ1v) is 7.46. The highest BCUT2D eigenvalue weighted by molar-refractivity contribution is 7.98. The Balaban J connectivity index is 1.74. The van der Waals surface area contributed by atoms with Crippen LogP contribution < -0.4 is 0 Å². The van der Waals surface area contributed by atoms with Crippen LogP contribution in [0, 0.1) is 5.92 Å². The van der Waals surface area contributed by atoms with E-state index in [1.807, 2.05) is 11.8 Å². The van der Waals surface area contributed by atoms with E-state index in [2.05, 4.69) is 29.4 Å². The van der Waals surface area contributed by atoms with E-state index in [1.54, 1.807) is 11.1 Å². The molecule has 2 aliphatic rings. The van der Waals surface area contributed by atoms with Gasteiger partial charge in [0.05, 0.1) is 0 Å². The van der Waals surface area contributed by atoms with Crippen molar-refractivity contribution in [3.05, 3.63) is 29.3 Å². The van der Waals surface area contributed by atoms with E-state index in [4.69, 9.17) is 0 Å². The average molecular weight is 233 g/mol. The van der Waals surface area contributed by atoms with Gasteiger partial charge in [0.25, 0.3) is 0 Å². The molecule has 0 saturated heterocycles. The second-order valence-corrected chi connectivity index (χ2v) is 5.94. The molecule has 1 saturated carbocycles. The molecule has 1 aromatic carbocycles. The van der Waals surface area contributed by atoms with Crippen LogP contribution in [0.25, 0.3) is 0 Å². The van der Waals surface area contributed by atoms with E-state index in [1.165, 1.54) is 43.8 Å². The molecule has 1 heterocycles. The molecule has 16 heavy (non-hydrogen) atoms. The maximum atomic E-state index is 2.64. The van der Waals surface area contributed by atoms with E-state index in [0.717, 1.165) is 5.92 Å². The zero-order chi connectivity index (χ0) is 11.0. The molecular formula is C14H19NS. The zero-order valence-corrected chi connectivity index (χ0v) is 10.7. The van der Waals surface area contributed by atoms with Crippen molar-refractivity contribution < 1.29 is 0 Å². The lowest BCUT2D eigenvalue weighted by atomic mass is 10.00. The predicted octanol–water partition coefficient (Wildman–Crippen LogP) is 3.18. The molecule has 1 aliphatic heterocycles. The summed E-state index contributed by atoms with van der Waals surface area (Å²) in [5, 5.41) is 0. The fraction of sp³-hybridized carbons (Fsp3) is 0.571. The summed E-state index contributed by atoms with van der Waals surface area (Å²) in [6.45, 7) is 3.78. The molecule has 0 radical (unpaired) electrons. The Bertz CT molecular complexity index is 384. The molecule has 1 fully saturated rings. The van der Waals surface area contributed by atoms with Crippen LogP contribution in [0.15, 0.2) is 23.1 Å². The summed E-state index contributed by atoms with van der Waals surface area (Å²) < 4.78 is 0. The van der Waals surface area contributed by atoms with Crippen LogP contribution in [-0.2, 0) is 13.0 Å². The van der Waals surface area contributed by atoms with Crippen molar-refractivity contribution in [2.45, 2.75) is 30.7 Å². The number of thioether (sulfide) groups is 1. The molecule has 0 N–H and O–H groups in total. The lowest BCUT2D eigenvalue weighted by molar-refractivity contribution is 0.243. The van der Waals surface area contributed by atoms with E-state index < -0.39 is 0 Å². The fourth-order valence-corrected chi connectivity index (χ4v) is 3.00. The van der Waals surface area contributed by atoms with E-state index >= 15 is 0 Å². The van der Waals surface area contributed by atoms with Gasteiger partial charge < -0.3 is 0 Å². The maximum absolute atomic E-state index is 2.64. The van der Waals surface area contributed by atoms with E-state index in [-0.39, 0.29) is 0 Å². The van der Waals surface area contributed by atoms with E-state index in [0.29, 0.717) is 0 Å². The molecule has 0 unspecified atom stereocenters. The smallest absolute Gasteiger partial charge is 0.0237 e. The monoisotopic (exact) mass is 233 g/mol. The minimum atomic E-state index is 1.02. The normalized spacial score (nSPS) is 20.8. The topological polar surface area (TPSA) is 3.24 Å². The van der Waals surface area contributed by atoms with Crippen molar-refractivity contribution in [2.24, 2.45) is 5.92 Å². The molecule has 1 aliphatic carbocycles. The van der Waals surface area contributed by atoms with Crippen molar-refractivity contribution in [1.82, 2.24) is 4.90 Å². The highest BCUT2D eigenvalue weighted by Gasteiger charge is 2.26. The van der Waals surface area contributed by atoms with Crippen LogP contribution in [0.5, 0.6) is 0 Å². The number of rotatable bonds is 3. The third kappa shape index (κ3) is 2.28. The third-order valence-corrected chi connectivity index (χ3v) is 4.44. The number of hydrogen-bond donors (Lipinski definition) is 0. The summed E-state index contributed by atoms with van der Waals surface area (Å²) in [6.07, 6.45) is 6.34. The van der Waals surface area contributed by atoms with Crippen LogP contribution >= 0.6 is 11.8 Å². The molecule has 0 spiro atoms. The summed E-state index contributed by atoms with van der Waals surface area (Å²) in [6, 6.07) is 6.98. The van der Waals surface area contributed by atoms with Crippen LogP contribution in [0.4, 0.5) is 0 Å². The van der Waals surface area contributed by atoms with Crippen molar-refractivity contribution in [2.75, 3.05) is 19.3 Å².